The van der Waals surface area contributed by atoms with Crippen LogP contribution >= 0.6 is 23.1 Å². The number of aryl methyl sites for hydroxylation is 2. The zero-order chi connectivity index (χ0) is 16.7. The van der Waals surface area contributed by atoms with E-state index in [1.807, 2.05) is 43.3 Å². The highest BCUT2D eigenvalue weighted by molar-refractivity contribution is 8.18. The van der Waals surface area contributed by atoms with Gasteiger partial charge < -0.3 is 5.32 Å². The SMILES string of the molecule is Cc1nc2scc(C)n2c1C=C1SC(=O)NC1=Nc1ccccc1. The minimum atomic E-state index is -0.114. The predicted octanol–water partition coefficient (Wildman–Crippen LogP) is 4.54. The molecule has 1 aromatic carbocycles. The summed E-state index contributed by atoms with van der Waals surface area (Å²) in [5.74, 6) is 0.582. The van der Waals surface area contributed by atoms with E-state index >= 15 is 0 Å². The largest absolute Gasteiger partial charge is 0.300 e. The number of amidine groups is 1. The van der Waals surface area contributed by atoms with Crippen molar-refractivity contribution in [1.82, 2.24) is 14.7 Å². The van der Waals surface area contributed by atoms with E-state index in [4.69, 9.17) is 0 Å². The van der Waals surface area contributed by atoms with Gasteiger partial charge in [0.05, 0.1) is 22.0 Å². The minimum Gasteiger partial charge on any atom is -0.300 e. The van der Waals surface area contributed by atoms with Crippen LogP contribution in [0.1, 0.15) is 17.1 Å². The summed E-state index contributed by atoms with van der Waals surface area (Å²) >= 11 is 2.77. The van der Waals surface area contributed by atoms with Crippen molar-refractivity contribution in [2.45, 2.75) is 13.8 Å². The van der Waals surface area contributed by atoms with E-state index in [2.05, 4.69) is 32.0 Å². The lowest BCUT2D eigenvalue weighted by Gasteiger charge is -2.01. The van der Waals surface area contributed by atoms with Crippen molar-refractivity contribution in [2.75, 3.05) is 0 Å². The Morgan fingerprint density at radius 2 is 2.04 bits per heavy atom. The molecule has 0 aliphatic carbocycles. The molecule has 3 aromatic rings. The number of hydrogen-bond acceptors (Lipinski definition) is 5. The molecular formula is C17H14N4OS2. The molecule has 0 unspecified atom stereocenters. The molecule has 1 amide bonds. The van der Waals surface area contributed by atoms with Crippen LogP contribution in [0.3, 0.4) is 0 Å². The molecule has 0 atom stereocenters. The lowest BCUT2D eigenvalue weighted by atomic mass is 10.3. The highest BCUT2D eigenvalue weighted by Gasteiger charge is 2.24. The molecule has 1 saturated heterocycles. The molecule has 0 saturated carbocycles. The van der Waals surface area contributed by atoms with E-state index in [-0.39, 0.29) is 5.24 Å². The smallest absolute Gasteiger partial charge is 0.289 e. The van der Waals surface area contributed by atoms with Crippen LogP contribution in [-0.4, -0.2) is 20.5 Å². The van der Waals surface area contributed by atoms with Gasteiger partial charge >= 0.3 is 0 Å². The number of carbonyl (C=O) groups excluding carboxylic acids is 1. The summed E-state index contributed by atoms with van der Waals surface area (Å²) in [7, 11) is 0. The molecule has 2 aromatic heterocycles. The molecule has 5 nitrogen and oxygen atoms in total. The zero-order valence-electron chi connectivity index (χ0n) is 13.1. The van der Waals surface area contributed by atoms with E-state index in [0.717, 1.165) is 44.4 Å². The fraction of sp³-hybridized carbons (Fsp3) is 0.118. The Kier molecular flexibility index (Phi) is 3.74. The Labute approximate surface area is 147 Å². The van der Waals surface area contributed by atoms with Crippen molar-refractivity contribution in [3.05, 3.63) is 57.7 Å². The number of para-hydroxylation sites is 1. The summed E-state index contributed by atoms with van der Waals surface area (Å²) in [6, 6.07) is 9.60. The first-order chi connectivity index (χ1) is 11.6. The maximum absolute atomic E-state index is 11.9. The van der Waals surface area contributed by atoms with Gasteiger partial charge in [-0.15, -0.1) is 11.3 Å². The van der Waals surface area contributed by atoms with Gasteiger partial charge in [0.1, 0.15) is 5.84 Å². The second-order valence-corrected chi connectivity index (χ2v) is 7.25. The summed E-state index contributed by atoms with van der Waals surface area (Å²) in [6.45, 7) is 4.03. The van der Waals surface area contributed by atoms with Gasteiger partial charge in [-0.2, -0.15) is 0 Å². The Morgan fingerprint density at radius 1 is 1.25 bits per heavy atom. The standard InChI is InChI=1S/C17H14N4OS2/c1-10-9-23-16-18-11(2)13(21(10)16)8-14-15(20-17(22)24-14)19-12-6-4-3-5-7-12/h3-9H,1-2H3,(H,19,20,22). The topological polar surface area (TPSA) is 58.8 Å². The normalized spacial score (nSPS) is 18.0. The number of rotatable bonds is 2. The molecule has 3 heterocycles. The van der Waals surface area contributed by atoms with Crippen molar-refractivity contribution in [3.63, 3.8) is 0 Å². The maximum Gasteiger partial charge on any atom is 0.289 e. The van der Waals surface area contributed by atoms with Crippen molar-refractivity contribution in [3.8, 4) is 0 Å². The average molecular weight is 354 g/mol. The number of carbonyl (C=O) groups is 1. The summed E-state index contributed by atoms with van der Waals surface area (Å²) in [5.41, 5.74) is 3.87. The van der Waals surface area contributed by atoms with Gasteiger partial charge in [-0.3, -0.25) is 9.20 Å². The molecule has 4 rings (SSSR count). The molecular weight excluding hydrogens is 340 g/mol. The summed E-state index contributed by atoms with van der Waals surface area (Å²) < 4.78 is 2.11. The zero-order valence-corrected chi connectivity index (χ0v) is 14.7. The van der Waals surface area contributed by atoms with Crippen molar-refractivity contribution >= 4 is 50.9 Å². The van der Waals surface area contributed by atoms with Gasteiger partial charge in [0.25, 0.3) is 5.24 Å². The maximum atomic E-state index is 11.9. The van der Waals surface area contributed by atoms with Crippen molar-refractivity contribution < 1.29 is 4.79 Å². The molecule has 0 radical (unpaired) electrons. The molecule has 1 fully saturated rings. The van der Waals surface area contributed by atoms with Gasteiger partial charge in [-0.1, -0.05) is 18.2 Å². The number of amides is 1. The molecule has 0 spiro atoms. The molecule has 1 aliphatic heterocycles. The molecule has 1 aliphatic rings. The van der Waals surface area contributed by atoms with Crippen LogP contribution in [0, 0.1) is 13.8 Å². The molecule has 1 N–H and O–H groups in total. The fourth-order valence-electron chi connectivity index (χ4n) is 2.56. The van der Waals surface area contributed by atoms with Crippen molar-refractivity contribution in [2.24, 2.45) is 4.99 Å². The van der Waals surface area contributed by atoms with Gasteiger partial charge in [0.2, 0.25) is 0 Å². The van der Waals surface area contributed by atoms with E-state index < -0.39 is 0 Å². The molecule has 7 heteroatoms. The van der Waals surface area contributed by atoms with Gasteiger partial charge in [0, 0.05) is 11.1 Å². The fourth-order valence-corrected chi connectivity index (χ4v) is 4.19. The van der Waals surface area contributed by atoms with Crippen LogP contribution < -0.4 is 5.32 Å². The monoisotopic (exact) mass is 354 g/mol. The Balaban J connectivity index is 1.82. The number of imidazole rings is 1. The Bertz CT molecular complexity index is 998. The third-order valence-corrected chi connectivity index (χ3v) is 5.44. The number of aliphatic imine (C=N–C) groups is 1. The number of hydrogen-bond donors (Lipinski definition) is 1. The number of nitrogens with one attached hydrogen (secondary N) is 1. The second kappa shape index (κ2) is 5.92. The number of fused-ring (bicyclic) bond motifs is 1. The van der Waals surface area contributed by atoms with Crippen LogP contribution in [0.2, 0.25) is 0 Å². The highest BCUT2D eigenvalue weighted by Crippen LogP contribution is 2.30. The van der Waals surface area contributed by atoms with E-state index in [1.54, 1.807) is 11.3 Å². The number of nitrogens with zero attached hydrogens (tertiary/aromatic N) is 3. The number of benzene rings is 1. The quantitative estimate of drug-likeness (QED) is 0.735. The molecule has 0 bridgehead atoms. The van der Waals surface area contributed by atoms with Crippen LogP contribution in [0.25, 0.3) is 11.0 Å². The average Bonchev–Trinajstić information content (AvgIpc) is 3.18. The minimum absolute atomic E-state index is 0.114. The number of aromatic nitrogens is 2. The van der Waals surface area contributed by atoms with E-state index in [0.29, 0.717) is 5.84 Å². The first-order valence-corrected chi connectivity index (χ1v) is 9.09. The Morgan fingerprint density at radius 3 is 2.83 bits per heavy atom. The van der Waals surface area contributed by atoms with Crippen LogP contribution in [-0.2, 0) is 0 Å². The number of thiazole rings is 1. The van der Waals surface area contributed by atoms with Gasteiger partial charge in [-0.05, 0) is 43.8 Å². The summed E-state index contributed by atoms with van der Waals surface area (Å²) in [6.07, 6.45) is 1.99. The van der Waals surface area contributed by atoms with E-state index in [1.165, 1.54) is 0 Å². The Hall–Kier alpha value is -2.38. The summed E-state index contributed by atoms with van der Waals surface area (Å²) in [4.78, 5) is 22.8. The van der Waals surface area contributed by atoms with Crippen LogP contribution in [0.15, 0.2) is 45.6 Å². The third-order valence-electron chi connectivity index (χ3n) is 3.68. The highest BCUT2D eigenvalue weighted by atomic mass is 32.2. The van der Waals surface area contributed by atoms with Gasteiger partial charge in [0.15, 0.2) is 4.96 Å². The van der Waals surface area contributed by atoms with E-state index in [9.17, 15) is 4.79 Å². The van der Waals surface area contributed by atoms with Gasteiger partial charge in [-0.25, -0.2) is 9.98 Å². The van der Waals surface area contributed by atoms with Crippen LogP contribution in [0.5, 0.6) is 0 Å². The second-order valence-electron chi connectivity index (χ2n) is 5.40. The third kappa shape index (κ3) is 2.65. The first-order valence-electron chi connectivity index (χ1n) is 7.39. The number of thioether (sulfide) groups is 1. The summed E-state index contributed by atoms with van der Waals surface area (Å²) in [5, 5.41) is 4.78. The lowest BCUT2D eigenvalue weighted by molar-refractivity contribution is 0.265. The first kappa shape index (κ1) is 15.2. The predicted molar refractivity (Wildman–Crippen MR) is 100 cm³/mol. The molecule has 24 heavy (non-hydrogen) atoms. The van der Waals surface area contributed by atoms with Crippen molar-refractivity contribution in [1.29, 1.82) is 0 Å². The lowest BCUT2D eigenvalue weighted by Crippen LogP contribution is -2.18. The van der Waals surface area contributed by atoms with Crippen LogP contribution in [0.4, 0.5) is 10.5 Å². The molecule has 120 valence electrons.